The number of hydrogen-bond donors (Lipinski definition) is 2. The van der Waals surface area contributed by atoms with Crippen LogP contribution in [0.2, 0.25) is 0 Å². The number of anilines is 1. The molecule has 1 fully saturated rings. The lowest BCUT2D eigenvalue weighted by Crippen LogP contribution is -2.49. The van der Waals surface area contributed by atoms with Crippen molar-refractivity contribution in [2.45, 2.75) is 18.7 Å². The molecule has 2 N–H and O–H groups in total. The van der Waals surface area contributed by atoms with E-state index in [0.717, 1.165) is 4.90 Å². The molecule has 1 saturated heterocycles. The van der Waals surface area contributed by atoms with E-state index in [0.29, 0.717) is 0 Å². The third-order valence-corrected chi connectivity index (χ3v) is 3.82. The molecule has 0 bridgehead atoms. The summed E-state index contributed by atoms with van der Waals surface area (Å²) < 4.78 is 97.3. The van der Waals surface area contributed by atoms with Crippen LogP contribution in [0.3, 0.4) is 0 Å². The van der Waals surface area contributed by atoms with Crippen LogP contribution in [0.25, 0.3) is 0 Å². The van der Waals surface area contributed by atoms with Gasteiger partial charge in [-0.05, 0) is 0 Å². The van der Waals surface area contributed by atoms with Crippen molar-refractivity contribution in [3.05, 3.63) is 28.8 Å². The van der Waals surface area contributed by atoms with Crippen LogP contribution in [0.1, 0.15) is 12.0 Å². The molecule has 1 aromatic carbocycles. The van der Waals surface area contributed by atoms with Crippen molar-refractivity contribution >= 4 is 17.5 Å². The van der Waals surface area contributed by atoms with E-state index in [4.69, 9.17) is 9.84 Å². The molecule has 0 radical (unpaired) electrons. The fraction of sp³-hybridized carbons (Fsp3) is 0.467. The molecule has 0 spiro atoms. The predicted octanol–water partition coefficient (Wildman–Crippen LogP) is 1.81. The minimum atomic E-state index is -5.71. The molecule has 2 amide bonds. The third-order valence-electron chi connectivity index (χ3n) is 3.82. The van der Waals surface area contributed by atoms with Gasteiger partial charge < -0.3 is 20.1 Å². The molecule has 1 heterocycles. The van der Waals surface area contributed by atoms with Crippen molar-refractivity contribution in [1.29, 1.82) is 0 Å². The van der Waals surface area contributed by atoms with E-state index in [1.165, 1.54) is 5.32 Å². The zero-order chi connectivity index (χ0) is 21.2. The molecule has 1 aliphatic rings. The monoisotopic (exact) mass is 418 g/mol. The highest BCUT2D eigenvalue weighted by Crippen LogP contribution is 2.38. The number of rotatable bonds is 5. The normalized spacial score (nSPS) is 17.8. The summed E-state index contributed by atoms with van der Waals surface area (Å²) in [6.07, 6.45) is -7.95. The molecule has 0 aliphatic carbocycles. The maximum absolute atomic E-state index is 13.8. The van der Waals surface area contributed by atoms with Gasteiger partial charge in [-0.15, -0.1) is 0 Å². The first-order valence-corrected chi connectivity index (χ1v) is 7.73. The van der Waals surface area contributed by atoms with Crippen molar-refractivity contribution in [1.82, 2.24) is 4.90 Å². The molecule has 1 aliphatic heterocycles. The van der Waals surface area contributed by atoms with Gasteiger partial charge in [0.25, 0.3) is 5.91 Å². The van der Waals surface area contributed by atoms with Gasteiger partial charge in [0.2, 0.25) is 5.91 Å². The van der Waals surface area contributed by atoms with Crippen LogP contribution in [-0.2, 0) is 20.5 Å². The summed E-state index contributed by atoms with van der Waals surface area (Å²) in [4.78, 5) is 25.1. The predicted molar refractivity (Wildman–Crippen MR) is 77.9 cm³/mol. The molecule has 2 rings (SSSR count). The standard InChI is InChI=1S/C15H13F7N2O4/c16-9-8(15(20,21)22)10(17)12(19)13(11(9)18)23-7(26)5-6-14(27)24(1-3-25)2-4-28-6/h6,25H,1-5H2,(H,23,26). The molecule has 0 saturated carbocycles. The summed E-state index contributed by atoms with van der Waals surface area (Å²) in [5.41, 5.74) is -4.53. The Morgan fingerprint density at radius 3 is 2.21 bits per heavy atom. The van der Waals surface area contributed by atoms with E-state index in [2.05, 4.69) is 0 Å². The number of ether oxygens (including phenoxy) is 1. The Kier molecular flexibility index (Phi) is 6.49. The van der Waals surface area contributed by atoms with Crippen LogP contribution in [0.5, 0.6) is 0 Å². The van der Waals surface area contributed by atoms with E-state index in [9.17, 15) is 40.3 Å². The minimum Gasteiger partial charge on any atom is -0.395 e. The number of halogens is 7. The third kappa shape index (κ3) is 4.35. The average molecular weight is 418 g/mol. The van der Waals surface area contributed by atoms with Gasteiger partial charge in [0, 0.05) is 13.1 Å². The largest absolute Gasteiger partial charge is 0.422 e. The van der Waals surface area contributed by atoms with E-state index >= 15 is 0 Å². The van der Waals surface area contributed by atoms with Crippen molar-refractivity contribution in [3.8, 4) is 0 Å². The Morgan fingerprint density at radius 1 is 1.14 bits per heavy atom. The number of aliphatic hydroxyl groups excluding tert-OH is 1. The molecule has 156 valence electrons. The van der Waals surface area contributed by atoms with Gasteiger partial charge >= 0.3 is 6.18 Å². The quantitative estimate of drug-likeness (QED) is 0.565. The smallest absolute Gasteiger partial charge is 0.395 e. The number of hydrogen-bond acceptors (Lipinski definition) is 4. The number of nitrogens with zero attached hydrogens (tertiary/aromatic N) is 1. The first-order valence-electron chi connectivity index (χ1n) is 7.73. The maximum Gasteiger partial charge on any atom is 0.422 e. The van der Waals surface area contributed by atoms with Crippen LogP contribution in [0, 0.1) is 23.3 Å². The topological polar surface area (TPSA) is 78.9 Å². The van der Waals surface area contributed by atoms with Crippen molar-refractivity contribution in [2.75, 3.05) is 31.6 Å². The van der Waals surface area contributed by atoms with Gasteiger partial charge in [-0.2, -0.15) is 13.2 Å². The van der Waals surface area contributed by atoms with Crippen LogP contribution < -0.4 is 5.32 Å². The Bertz CT molecular complexity index is 754. The Balaban J connectivity index is 2.22. The summed E-state index contributed by atoms with van der Waals surface area (Å²) >= 11 is 0. The van der Waals surface area contributed by atoms with Gasteiger partial charge in [0.1, 0.15) is 17.4 Å². The first kappa shape index (κ1) is 21.9. The molecule has 1 atom stereocenters. The zero-order valence-electron chi connectivity index (χ0n) is 13.9. The summed E-state index contributed by atoms with van der Waals surface area (Å²) in [6.45, 7) is -0.323. The van der Waals surface area contributed by atoms with Crippen LogP contribution >= 0.6 is 0 Å². The fourth-order valence-electron chi connectivity index (χ4n) is 2.53. The van der Waals surface area contributed by atoms with Gasteiger partial charge in [-0.3, -0.25) is 9.59 Å². The maximum atomic E-state index is 13.8. The summed E-state index contributed by atoms with van der Waals surface area (Å²) in [5, 5.41) is 10.3. The lowest BCUT2D eigenvalue weighted by atomic mass is 10.1. The number of amides is 2. The van der Waals surface area contributed by atoms with Gasteiger partial charge in [-0.25, -0.2) is 17.6 Å². The summed E-state index contributed by atoms with van der Waals surface area (Å²) in [5.74, 6) is -12.4. The fourth-order valence-corrected chi connectivity index (χ4v) is 2.53. The molecule has 6 nitrogen and oxygen atoms in total. The zero-order valence-corrected chi connectivity index (χ0v) is 13.9. The Morgan fingerprint density at radius 2 is 1.71 bits per heavy atom. The van der Waals surface area contributed by atoms with Crippen LogP contribution in [-0.4, -0.2) is 54.2 Å². The van der Waals surface area contributed by atoms with Crippen molar-refractivity contribution in [3.63, 3.8) is 0 Å². The second kappa shape index (κ2) is 8.31. The second-order valence-corrected chi connectivity index (χ2v) is 5.66. The van der Waals surface area contributed by atoms with Crippen molar-refractivity contribution in [2.24, 2.45) is 0 Å². The Labute approximate surface area is 152 Å². The van der Waals surface area contributed by atoms with Crippen LogP contribution in [0.15, 0.2) is 0 Å². The number of aliphatic hydroxyl groups is 1. The second-order valence-electron chi connectivity index (χ2n) is 5.66. The molecule has 1 unspecified atom stereocenters. The number of carbonyl (C=O) groups excluding carboxylic acids is 2. The molecule has 0 aromatic heterocycles. The van der Waals surface area contributed by atoms with Gasteiger partial charge in [0.15, 0.2) is 23.3 Å². The van der Waals surface area contributed by atoms with Gasteiger partial charge in [-0.1, -0.05) is 0 Å². The number of nitrogens with one attached hydrogen (secondary N) is 1. The molecule has 13 heteroatoms. The van der Waals surface area contributed by atoms with E-state index < -0.39 is 65.0 Å². The molecular weight excluding hydrogens is 405 g/mol. The van der Waals surface area contributed by atoms with E-state index in [1.54, 1.807) is 0 Å². The molecule has 28 heavy (non-hydrogen) atoms. The number of morpholine rings is 1. The SMILES string of the molecule is O=C(CC1OCCN(CCO)C1=O)Nc1c(F)c(F)c(C(F)(F)F)c(F)c1F. The minimum absolute atomic E-state index is 0.0179. The number of β-amino-alcohol motifs (C(OH)–C–C–N with tert-alkyl or cyclic N) is 1. The number of benzene rings is 1. The number of alkyl halides is 3. The highest BCUT2D eigenvalue weighted by atomic mass is 19.4. The summed E-state index contributed by atoms with van der Waals surface area (Å²) in [7, 11) is 0. The van der Waals surface area contributed by atoms with Crippen LogP contribution in [0.4, 0.5) is 36.4 Å². The van der Waals surface area contributed by atoms with E-state index in [1.807, 2.05) is 0 Å². The first-order chi connectivity index (χ1) is 13.0. The Hall–Kier alpha value is -2.41. The summed E-state index contributed by atoms with van der Waals surface area (Å²) in [6, 6.07) is 0. The van der Waals surface area contributed by atoms with E-state index in [-0.39, 0.29) is 26.3 Å². The average Bonchev–Trinajstić information content (AvgIpc) is 2.59. The highest BCUT2D eigenvalue weighted by Gasteiger charge is 2.42. The molecular formula is C15H13F7N2O4. The van der Waals surface area contributed by atoms with Gasteiger partial charge in [0.05, 0.1) is 19.6 Å². The van der Waals surface area contributed by atoms with Crippen molar-refractivity contribution < 1.29 is 50.2 Å². The highest BCUT2D eigenvalue weighted by molar-refractivity contribution is 5.95. The molecule has 1 aromatic rings. The number of carbonyl (C=O) groups is 2. The lowest BCUT2D eigenvalue weighted by Gasteiger charge is -2.31. The lowest BCUT2D eigenvalue weighted by molar-refractivity contribution is -0.155.